The van der Waals surface area contributed by atoms with Crippen molar-refractivity contribution in [3.8, 4) is 0 Å². The lowest BCUT2D eigenvalue weighted by Crippen LogP contribution is -2.24. The van der Waals surface area contributed by atoms with Crippen LogP contribution in [-0.2, 0) is 6.54 Å². The molecular formula is C20H21N7O2. The smallest absolute Gasteiger partial charge is 0.277 e. The molecule has 3 aromatic heterocycles. The maximum Gasteiger partial charge on any atom is 0.277 e. The van der Waals surface area contributed by atoms with Crippen molar-refractivity contribution in [1.82, 2.24) is 20.1 Å². The highest BCUT2D eigenvalue weighted by molar-refractivity contribution is 6.08. The molecule has 1 aliphatic carbocycles. The summed E-state index contributed by atoms with van der Waals surface area (Å²) in [5.74, 6) is 1.82. The third-order valence-electron chi connectivity index (χ3n) is 5.37. The zero-order chi connectivity index (χ0) is 19.8. The molecule has 2 aliphatic rings. The normalized spacial score (nSPS) is 20.7. The van der Waals surface area contributed by atoms with Crippen LogP contribution in [0, 0.1) is 6.92 Å². The van der Waals surface area contributed by atoms with Gasteiger partial charge in [-0.25, -0.2) is 4.98 Å². The van der Waals surface area contributed by atoms with Crippen LogP contribution in [0.15, 0.2) is 41.2 Å². The molecule has 0 spiro atoms. The Morgan fingerprint density at radius 1 is 1.14 bits per heavy atom. The second kappa shape index (κ2) is 7.16. The van der Waals surface area contributed by atoms with Crippen molar-refractivity contribution >= 4 is 23.4 Å². The molecule has 1 amide bonds. The molecule has 0 unspecified atom stereocenters. The summed E-state index contributed by atoms with van der Waals surface area (Å²) in [4.78, 5) is 27.1. The molecule has 5 rings (SSSR count). The Morgan fingerprint density at radius 3 is 2.72 bits per heavy atom. The van der Waals surface area contributed by atoms with Gasteiger partial charge in [-0.3, -0.25) is 9.78 Å². The summed E-state index contributed by atoms with van der Waals surface area (Å²) >= 11 is 0. The number of fused-ring (bicyclic) bond motifs is 1. The molecule has 3 aromatic rings. The lowest BCUT2D eigenvalue weighted by atomic mass is 10.2. The monoisotopic (exact) mass is 391 g/mol. The van der Waals surface area contributed by atoms with Crippen molar-refractivity contribution in [1.29, 1.82) is 0 Å². The van der Waals surface area contributed by atoms with E-state index in [0.29, 0.717) is 36.2 Å². The van der Waals surface area contributed by atoms with Crippen molar-refractivity contribution in [3.05, 3.63) is 53.8 Å². The Morgan fingerprint density at radius 2 is 2.00 bits per heavy atom. The minimum Gasteiger partial charge on any atom is -0.367 e. The number of nitrogens with one attached hydrogen (secondary N) is 2. The van der Waals surface area contributed by atoms with E-state index in [1.165, 1.54) is 0 Å². The maximum atomic E-state index is 12.5. The minimum atomic E-state index is -0.0791. The predicted octanol–water partition coefficient (Wildman–Crippen LogP) is 2.77. The fraction of sp³-hybridized carbons (Fsp3) is 0.350. The second-order valence-electron chi connectivity index (χ2n) is 7.44. The van der Waals surface area contributed by atoms with Gasteiger partial charge < -0.3 is 20.1 Å². The molecule has 148 valence electrons. The van der Waals surface area contributed by atoms with Crippen molar-refractivity contribution in [2.45, 2.75) is 44.8 Å². The Labute approximate surface area is 167 Å². The van der Waals surface area contributed by atoms with Crippen molar-refractivity contribution < 1.29 is 9.32 Å². The van der Waals surface area contributed by atoms with Crippen LogP contribution in [0.3, 0.4) is 0 Å². The van der Waals surface area contributed by atoms with Gasteiger partial charge in [-0.1, -0.05) is 6.07 Å². The molecule has 1 aliphatic heterocycles. The van der Waals surface area contributed by atoms with E-state index >= 15 is 0 Å². The average Bonchev–Trinajstić information content (AvgIpc) is 3.43. The summed E-state index contributed by atoms with van der Waals surface area (Å²) in [5.41, 5.74) is 2.24. The molecule has 0 radical (unpaired) electrons. The van der Waals surface area contributed by atoms with E-state index in [1.54, 1.807) is 24.2 Å². The average molecular weight is 391 g/mol. The van der Waals surface area contributed by atoms with E-state index in [2.05, 4.69) is 30.7 Å². The summed E-state index contributed by atoms with van der Waals surface area (Å²) in [5, 5.41) is 10.7. The number of pyridine rings is 2. The number of amides is 1. The van der Waals surface area contributed by atoms with E-state index in [9.17, 15) is 4.79 Å². The third-order valence-corrected chi connectivity index (χ3v) is 5.37. The first kappa shape index (κ1) is 17.6. The van der Waals surface area contributed by atoms with Gasteiger partial charge in [-0.2, -0.15) is 4.98 Å². The molecule has 2 atom stereocenters. The Bertz CT molecular complexity index is 1030. The second-order valence-corrected chi connectivity index (χ2v) is 7.44. The molecule has 0 bridgehead atoms. The van der Waals surface area contributed by atoms with Crippen LogP contribution >= 0.6 is 0 Å². The molecule has 0 saturated heterocycles. The van der Waals surface area contributed by atoms with Crippen LogP contribution in [0.2, 0.25) is 0 Å². The summed E-state index contributed by atoms with van der Waals surface area (Å²) < 4.78 is 5.00. The number of anilines is 3. The summed E-state index contributed by atoms with van der Waals surface area (Å²) in [6.45, 7) is 2.30. The number of carbonyl (C=O) groups is 1. The highest BCUT2D eigenvalue weighted by Crippen LogP contribution is 2.28. The van der Waals surface area contributed by atoms with E-state index < -0.39 is 0 Å². The highest BCUT2D eigenvalue weighted by atomic mass is 16.5. The summed E-state index contributed by atoms with van der Waals surface area (Å²) in [6, 6.07) is 8.25. The van der Waals surface area contributed by atoms with E-state index in [4.69, 9.17) is 4.52 Å². The van der Waals surface area contributed by atoms with Gasteiger partial charge in [0.25, 0.3) is 11.9 Å². The van der Waals surface area contributed by atoms with E-state index in [1.807, 2.05) is 24.3 Å². The van der Waals surface area contributed by atoms with Gasteiger partial charge in [0.15, 0.2) is 0 Å². The topological polar surface area (TPSA) is 109 Å². The number of hydrogen-bond donors (Lipinski definition) is 2. The summed E-state index contributed by atoms with van der Waals surface area (Å²) in [6.07, 6.45) is 6.39. The fourth-order valence-corrected chi connectivity index (χ4v) is 3.96. The number of rotatable bonds is 5. The van der Waals surface area contributed by atoms with Crippen molar-refractivity contribution in [3.63, 3.8) is 0 Å². The lowest BCUT2D eigenvalue weighted by molar-refractivity contribution is 0.0992. The SMILES string of the molecule is Cc1nc(N[C@H]2CC[C@H](Nc3ccc(N4Cc5cccnc5C4=O)cn3)C2)no1. The molecular weight excluding hydrogens is 370 g/mol. The third kappa shape index (κ3) is 3.51. The molecule has 0 aromatic carbocycles. The lowest BCUT2D eigenvalue weighted by Gasteiger charge is -2.17. The maximum absolute atomic E-state index is 12.5. The molecule has 4 heterocycles. The first-order chi connectivity index (χ1) is 14.2. The van der Waals surface area contributed by atoms with Gasteiger partial charge in [0.2, 0.25) is 5.89 Å². The molecule has 1 fully saturated rings. The highest BCUT2D eigenvalue weighted by Gasteiger charge is 2.30. The van der Waals surface area contributed by atoms with Crippen molar-refractivity contribution in [2.75, 3.05) is 15.5 Å². The molecule has 9 heteroatoms. The molecule has 9 nitrogen and oxygen atoms in total. The fourth-order valence-electron chi connectivity index (χ4n) is 3.96. The van der Waals surface area contributed by atoms with Gasteiger partial charge in [0.1, 0.15) is 11.5 Å². The van der Waals surface area contributed by atoms with Crippen LogP contribution in [0.4, 0.5) is 17.5 Å². The van der Waals surface area contributed by atoms with Crippen LogP contribution in [0.1, 0.15) is 41.2 Å². The zero-order valence-electron chi connectivity index (χ0n) is 16.0. The number of aromatic nitrogens is 4. The van der Waals surface area contributed by atoms with Crippen LogP contribution < -0.4 is 15.5 Å². The van der Waals surface area contributed by atoms with Crippen LogP contribution in [0.25, 0.3) is 0 Å². The Balaban J connectivity index is 1.19. The number of hydrogen-bond acceptors (Lipinski definition) is 8. The van der Waals surface area contributed by atoms with E-state index in [-0.39, 0.29) is 5.91 Å². The van der Waals surface area contributed by atoms with Gasteiger partial charge in [-0.05, 0) is 42.6 Å². The van der Waals surface area contributed by atoms with Crippen LogP contribution in [-0.4, -0.2) is 38.1 Å². The Kier molecular flexibility index (Phi) is 4.34. The van der Waals surface area contributed by atoms with Gasteiger partial charge >= 0.3 is 0 Å². The predicted molar refractivity (Wildman–Crippen MR) is 107 cm³/mol. The molecule has 29 heavy (non-hydrogen) atoms. The number of nitrogens with zero attached hydrogens (tertiary/aromatic N) is 5. The zero-order valence-corrected chi connectivity index (χ0v) is 16.0. The number of aryl methyl sites for hydroxylation is 1. The number of carbonyl (C=O) groups excluding carboxylic acids is 1. The first-order valence-electron chi connectivity index (χ1n) is 9.71. The first-order valence-corrected chi connectivity index (χ1v) is 9.71. The quantitative estimate of drug-likeness (QED) is 0.683. The van der Waals surface area contributed by atoms with Crippen LogP contribution in [0.5, 0.6) is 0 Å². The van der Waals surface area contributed by atoms with E-state index in [0.717, 1.165) is 36.3 Å². The molecule has 2 N–H and O–H groups in total. The standard InChI is InChI=1S/C20H21N7O2/c1-12-23-20(26-29-12)25-15-5-4-14(9-15)24-17-7-6-16(10-22-17)27-11-13-3-2-8-21-18(13)19(27)28/h2-3,6-8,10,14-15H,4-5,9,11H2,1H3,(H,22,24)(H,25,26)/t14-,15-/m0/s1. The van der Waals surface area contributed by atoms with Gasteiger partial charge in [-0.15, -0.1) is 0 Å². The minimum absolute atomic E-state index is 0.0791. The van der Waals surface area contributed by atoms with Gasteiger partial charge in [0.05, 0.1) is 18.4 Å². The Hall–Kier alpha value is -3.49. The summed E-state index contributed by atoms with van der Waals surface area (Å²) in [7, 11) is 0. The molecule has 1 saturated carbocycles. The largest absolute Gasteiger partial charge is 0.367 e. The van der Waals surface area contributed by atoms with Crippen molar-refractivity contribution in [2.24, 2.45) is 0 Å². The van der Waals surface area contributed by atoms with Gasteiger partial charge in [0, 0.05) is 30.8 Å².